The van der Waals surface area contributed by atoms with E-state index in [-0.39, 0.29) is 0 Å². The van der Waals surface area contributed by atoms with Crippen LogP contribution in [0, 0.1) is 0 Å². The van der Waals surface area contributed by atoms with E-state index in [0.29, 0.717) is 6.61 Å². The van der Waals surface area contributed by atoms with E-state index in [1.807, 2.05) is 24.3 Å². The van der Waals surface area contributed by atoms with Crippen molar-refractivity contribution in [1.82, 2.24) is 15.5 Å². The fourth-order valence-corrected chi connectivity index (χ4v) is 3.42. The van der Waals surface area contributed by atoms with Gasteiger partial charge in [0.1, 0.15) is 11.5 Å². The maximum absolute atomic E-state index is 5.77. The lowest BCUT2D eigenvalue weighted by Crippen LogP contribution is -2.38. The number of nitrogens with one attached hydrogen (secondary N) is 2. The molecule has 0 aliphatic carbocycles. The van der Waals surface area contributed by atoms with E-state index in [9.17, 15) is 0 Å². The molecule has 31 heavy (non-hydrogen) atoms. The number of hydrogen-bond acceptors (Lipinski definition) is 5. The summed E-state index contributed by atoms with van der Waals surface area (Å²) < 4.78 is 16.4. The van der Waals surface area contributed by atoms with E-state index >= 15 is 0 Å². The van der Waals surface area contributed by atoms with Gasteiger partial charge in [-0.2, -0.15) is 0 Å². The summed E-state index contributed by atoms with van der Waals surface area (Å²) in [5.41, 5.74) is 2.64. The number of hydrogen-bond donors (Lipinski definition) is 2. The average Bonchev–Trinajstić information content (AvgIpc) is 2.83. The molecule has 0 saturated carbocycles. The first-order valence-electron chi connectivity index (χ1n) is 10.9. The summed E-state index contributed by atoms with van der Waals surface area (Å²) >= 11 is 0. The highest BCUT2D eigenvalue weighted by Crippen LogP contribution is 2.17. The first-order valence-corrected chi connectivity index (χ1v) is 10.9. The van der Waals surface area contributed by atoms with E-state index in [0.717, 1.165) is 69.8 Å². The van der Waals surface area contributed by atoms with Gasteiger partial charge < -0.3 is 24.8 Å². The van der Waals surface area contributed by atoms with Gasteiger partial charge in [-0.3, -0.25) is 9.89 Å². The van der Waals surface area contributed by atoms with E-state index in [1.54, 1.807) is 14.2 Å². The van der Waals surface area contributed by atoms with Gasteiger partial charge in [0.25, 0.3) is 0 Å². The summed E-state index contributed by atoms with van der Waals surface area (Å²) in [7, 11) is 3.45. The lowest BCUT2D eigenvalue weighted by molar-refractivity contribution is 0.0341. The van der Waals surface area contributed by atoms with Crippen LogP contribution in [-0.4, -0.2) is 64.5 Å². The van der Waals surface area contributed by atoms with Gasteiger partial charge >= 0.3 is 0 Å². The number of aliphatic imine (C=N–C) groups is 1. The number of morpholine rings is 1. The molecule has 1 heterocycles. The van der Waals surface area contributed by atoms with E-state index < -0.39 is 0 Å². The van der Waals surface area contributed by atoms with Crippen LogP contribution < -0.4 is 20.1 Å². The van der Waals surface area contributed by atoms with E-state index in [1.165, 1.54) is 11.1 Å². The molecule has 2 aromatic rings. The molecule has 0 unspecified atom stereocenters. The minimum atomic E-state index is 0.638. The topological polar surface area (TPSA) is 67.4 Å². The quantitative estimate of drug-likeness (QED) is 0.346. The van der Waals surface area contributed by atoms with Gasteiger partial charge in [0, 0.05) is 39.8 Å². The number of guanidine groups is 1. The lowest BCUT2D eigenvalue weighted by atomic mass is 10.1. The molecule has 0 bridgehead atoms. The number of rotatable bonds is 10. The minimum Gasteiger partial charge on any atom is -0.497 e. The van der Waals surface area contributed by atoms with E-state index in [4.69, 9.17) is 14.2 Å². The Morgan fingerprint density at radius 3 is 2.42 bits per heavy atom. The van der Waals surface area contributed by atoms with Crippen LogP contribution in [0.2, 0.25) is 0 Å². The Hall–Kier alpha value is -2.77. The van der Waals surface area contributed by atoms with Crippen LogP contribution in [0.3, 0.4) is 0 Å². The van der Waals surface area contributed by atoms with Crippen LogP contribution in [-0.2, 0) is 17.8 Å². The highest BCUT2D eigenvalue weighted by molar-refractivity contribution is 5.79. The minimum absolute atomic E-state index is 0.638. The first-order chi connectivity index (χ1) is 15.3. The predicted molar refractivity (Wildman–Crippen MR) is 124 cm³/mol. The molecule has 0 aromatic heterocycles. The highest BCUT2D eigenvalue weighted by Gasteiger charge is 2.12. The van der Waals surface area contributed by atoms with Gasteiger partial charge in [-0.25, -0.2) is 0 Å². The second-order valence-corrected chi connectivity index (χ2v) is 7.39. The second-order valence-electron chi connectivity index (χ2n) is 7.39. The van der Waals surface area contributed by atoms with Gasteiger partial charge in [0.15, 0.2) is 5.96 Å². The molecule has 0 amide bonds. The van der Waals surface area contributed by atoms with Crippen molar-refractivity contribution >= 4 is 5.96 Å². The smallest absolute Gasteiger partial charge is 0.191 e. The Balaban J connectivity index is 1.38. The normalized spacial score (nSPS) is 14.8. The Morgan fingerprint density at radius 1 is 1.00 bits per heavy atom. The SMILES string of the molecule is CN=C(NCCCOc1ccc(OC)cc1)NCc1ccccc1CN1CCOCC1. The van der Waals surface area contributed by atoms with Crippen molar-refractivity contribution in [3.63, 3.8) is 0 Å². The number of methoxy groups -OCH3 is 1. The monoisotopic (exact) mass is 426 g/mol. The number of ether oxygens (including phenoxy) is 3. The summed E-state index contributed by atoms with van der Waals surface area (Å²) in [5.74, 6) is 2.47. The molecule has 168 valence electrons. The van der Waals surface area contributed by atoms with Crippen molar-refractivity contribution in [2.24, 2.45) is 4.99 Å². The van der Waals surface area contributed by atoms with Crippen molar-refractivity contribution < 1.29 is 14.2 Å². The third-order valence-corrected chi connectivity index (χ3v) is 5.23. The van der Waals surface area contributed by atoms with Crippen LogP contribution in [0.1, 0.15) is 17.5 Å². The summed E-state index contributed by atoms with van der Waals surface area (Å²) in [6, 6.07) is 16.2. The molecule has 7 heteroatoms. The number of benzene rings is 2. The highest BCUT2D eigenvalue weighted by atomic mass is 16.5. The van der Waals surface area contributed by atoms with Crippen molar-refractivity contribution in [2.45, 2.75) is 19.5 Å². The molecule has 1 fully saturated rings. The second kappa shape index (κ2) is 12.8. The summed E-state index contributed by atoms with van der Waals surface area (Å²) in [6.07, 6.45) is 0.875. The predicted octanol–water partition coefficient (Wildman–Crippen LogP) is 2.66. The molecular weight excluding hydrogens is 392 g/mol. The standard InChI is InChI=1S/C24H34N4O3/c1-25-24(26-12-5-15-31-23-10-8-22(29-2)9-11-23)27-18-20-6-3-4-7-21(20)19-28-13-16-30-17-14-28/h3-4,6-11H,5,12-19H2,1-2H3,(H2,25,26,27). The van der Waals surface area contributed by atoms with Crippen molar-refractivity contribution in [3.8, 4) is 11.5 Å². The Labute approximate surface area is 185 Å². The average molecular weight is 427 g/mol. The van der Waals surface area contributed by atoms with Crippen LogP contribution in [0.15, 0.2) is 53.5 Å². The van der Waals surface area contributed by atoms with Crippen molar-refractivity contribution in [3.05, 3.63) is 59.7 Å². The largest absolute Gasteiger partial charge is 0.497 e. The maximum Gasteiger partial charge on any atom is 0.191 e. The fourth-order valence-electron chi connectivity index (χ4n) is 3.42. The molecule has 1 saturated heterocycles. The summed E-state index contributed by atoms with van der Waals surface area (Å²) in [5, 5.41) is 6.78. The van der Waals surface area contributed by atoms with Crippen molar-refractivity contribution in [2.75, 3.05) is 53.6 Å². The third-order valence-electron chi connectivity index (χ3n) is 5.23. The molecule has 3 rings (SSSR count). The molecule has 2 N–H and O–H groups in total. The van der Waals surface area contributed by atoms with Gasteiger partial charge in [-0.1, -0.05) is 24.3 Å². The molecule has 2 aromatic carbocycles. The Bertz CT molecular complexity index is 805. The van der Waals surface area contributed by atoms with Gasteiger partial charge in [-0.05, 0) is 41.8 Å². The molecule has 7 nitrogen and oxygen atoms in total. The first kappa shape index (κ1) is 22.9. The molecular formula is C24H34N4O3. The lowest BCUT2D eigenvalue weighted by Gasteiger charge is -2.27. The maximum atomic E-state index is 5.77. The zero-order valence-corrected chi connectivity index (χ0v) is 18.6. The summed E-state index contributed by atoms with van der Waals surface area (Å²) in [4.78, 5) is 6.78. The Kier molecular flexibility index (Phi) is 9.47. The molecule has 0 atom stereocenters. The zero-order valence-electron chi connectivity index (χ0n) is 18.6. The van der Waals surface area contributed by atoms with Crippen LogP contribution in [0.4, 0.5) is 0 Å². The zero-order chi connectivity index (χ0) is 21.7. The van der Waals surface area contributed by atoms with Gasteiger partial charge in [-0.15, -0.1) is 0 Å². The molecule has 0 spiro atoms. The fraction of sp³-hybridized carbons (Fsp3) is 0.458. The third kappa shape index (κ3) is 7.77. The molecule has 1 aliphatic heterocycles. The van der Waals surface area contributed by atoms with Crippen molar-refractivity contribution in [1.29, 1.82) is 0 Å². The van der Waals surface area contributed by atoms with Gasteiger partial charge in [0.2, 0.25) is 0 Å². The van der Waals surface area contributed by atoms with Crippen LogP contribution in [0.5, 0.6) is 11.5 Å². The Morgan fingerprint density at radius 2 is 1.71 bits per heavy atom. The van der Waals surface area contributed by atoms with Gasteiger partial charge in [0.05, 0.1) is 26.9 Å². The molecule has 0 radical (unpaired) electrons. The number of nitrogens with zero attached hydrogens (tertiary/aromatic N) is 2. The van der Waals surface area contributed by atoms with E-state index in [2.05, 4.69) is 44.8 Å². The molecule has 1 aliphatic rings. The summed E-state index contributed by atoms with van der Waals surface area (Å²) in [6.45, 7) is 6.73. The van der Waals surface area contributed by atoms with Crippen LogP contribution in [0.25, 0.3) is 0 Å². The van der Waals surface area contributed by atoms with Crippen LogP contribution >= 0.6 is 0 Å².